The van der Waals surface area contributed by atoms with Crippen LogP contribution in [0, 0.1) is 17.2 Å². The standard InChI is InChI=1S/C21H25N3O2/c22-16-19-7-3-2-6-17(19)8-9-20(25)23-14-10-18(11-15-23)21(26)24-12-4-1-5-13-24/h2-3,6-9,18H,1,4-5,10-15H2/b9-8+. The molecule has 0 saturated carbocycles. The van der Waals surface area contributed by atoms with Gasteiger partial charge in [0.05, 0.1) is 11.6 Å². The second-order valence-electron chi connectivity index (χ2n) is 7.02. The van der Waals surface area contributed by atoms with Gasteiger partial charge in [0, 0.05) is 38.2 Å². The molecule has 0 N–H and O–H groups in total. The molecule has 1 aromatic rings. The summed E-state index contributed by atoms with van der Waals surface area (Å²) in [6.07, 6.45) is 8.15. The molecule has 0 aliphatic carbocycles. The third kappa shape index (κ3) is 4.32. The highest BCUT2D eigenvalue weighted by molar-refractivity contribution is 5.92. The zero-order valence-electron chi connectivity index (χ0n) is 15.1. The molecule has 5 nitrogen and oxygen atoms in total. The Morgan fingerprint density at radius 2 is 1.69 bits per heavy atom. The third-order valence-electron chi connectivity index (χ3n) is 5.31. The Kier molecular flexibility index (Phi) is 6.06. The van der Waals surface area contributed by atoms with E-state index >= 15 is 0 Å². The average molecular weight is 351 g/mol. The Morgan fingerprint density at radius 3 is 2.38 bits per heavy atom. The number of rotatable bonds is 3. The molecule has 2 aliphatic rings. The van der Waals surface area contributed by atoms with Crippen LogP contribution in [-0.4, -0.2) is 47.8 Å². The molecular formula is C21H25N3O2. The molecule has 1 aromatic carbocycles. The summed E-state index contributed by atoms with van der Waals surface area (Å²) in [5.74, 6) is 0.275. The Morgan fingerprint density at radius 1 is 1.00 bits per heavy atom. The summed E-state index contributed by atoms with van der Waals surface area (Å²) in [4.78, 5) is 28.8. The quantitative estimate of drug-likeness (QED) is 0.787. The van der Waals surface area contributed by atoms with E-state index in [0.29, 0.717) is 18.7 Å². The summed E-state index contributed by atoms with van der Waals surface area (Å²) >= 11 is 0. The van der Waals surface area contributed by atoms with Gasteiger partial charge in [0.25, 0.3) is 0 Å². The summed E-state index contributed by atoms with van der Waals surface area (Å²) in [6.45, 7) is 3.01. The first kappa shape index (κ1) is 18.2. The number of nitrogens with zero attached hydrogens (tertiary/aromatic N) is 3. The van der Waals surface area contributed by atoms with Crippen molar-refractivity contribution in [1.82, 2.24) is 9.80 Å². The second-order valence-corrected chi connectivity index (χ2v) is 7.02. The fourth-order valence-corrected chi connectivity index (χ4v) is 3.73. The highest BCUT2D eigenvalue weighted by atomic mass is 16.2. The van der Waals surface area contributed by atoms with Gasteiger partial charge in [-0.05, 0) is 49.8 Å². The maximum atomic E-state index is 12.6. The smallest absolute Gasteiger partial charge is 0.246 e. The normalized spacial score (nSPS) is 18.7. The SMILES string of the molecule is N#Cc1ccccc1/C=C/C(=O)N1CCC(C(=O)N2CCCCC2)CC1. The largest absolute Gasteiger partial charge is 0.342 e. The first-order valence-corrected chi connectivity index (χ1v) is 9.44. The predicted octanol–water partition coefficient (Wildman–Crippen LogP) is 2.82. The molecule has 0 atom stereocenters. The van der Waals surface area contributed by atoms with Crippen LogP contribution in [0.25, 0.3) is 6.08 Å². The van der Waals surface area contributed by atoms with Crippen molar-refractivity contribution in [3.63, 3.8) is 0 Å². The lowest BCUT2D eigenvalue weighted by atomic mass is 9.94. The summed E-state index contributed by atoms with van der Waals surface area (Å²) in [5, 5.41) is 9.11. The second kappa shape index (κ2) is 8.66. The molecule has 0 radical (unpaired) electrons. The minimum absolute atomic E-state index is 0.0541. The molecule has 0 spiro atoms. The van der Waals surface area contributed by atoms with Gasteiger partial charge < -0.3 is 9.80 Å². The summed E-state index contributed by atoms with van der Waals surface area (Å²) in [7, 11) is 0. The number of hydrogen-bond acceptors (Lipinski definition) is 3. The lowest BCUT2D eigenvalue weighted by Crippen LogP contribution is -2.45. The van der Waals surface area contributed by atoms with Gasteiger partial charge in [0.1, 0.15) is 0 Å². The van der Waals surface area contributed by atoms with E-state index in [1.165, 1.54) is 12.5 Å². The first-order chi connectivity index (χ1) is 12.7. The number of amides is 2. The number of carbonyl (C=O) groups excluding carboxylic acids is 2. The van der Waals surface area contributed by atoms with Gasteiger partial charge in [-0.15, -0.1) is 0 Å². The topological polar surface area (TPSA) is 64.4 Å². The number of benzene rings is 1. The average Bonchev–Trinajstić information content (AvgIpc) is 2.72. The number of carbonyl (C=O) groups is 2. The molecule has 0 aromatic heterocycles. The van der Waals surface area contributed by atoms with Gasteiger partial charge in [-0.3, -0.25) is 9.59 Å². The van der Waals surface area contributed by atoms with E-state index in [4.69, 9.17) is 5.26 Å². The van der Waals surface area contributed by atoms with Crippen molar-refractivity contribution in [2.75, 3.05) is 26.2 Å². The zero-order chi connectivity index (χ0) is 18.4. The van der Waals surface area contributed by atoms with Crippen LogP contribution in [0.4, 0.5) is 0 Å². The van der Waals surface area contributed by atoms with Crippen LogP contribution in [0.5, 0.6) is 0 Å². The predicted molar refractivity (Wildman–Crippen MR) is 99.9 cm³/mol. The van der Waals surface area contributed by atoms with Crippen molar-refractivity contribution in [2.24, 2.45) is 5.92 Å². The van der Waals surface area contributed by atoms with Crippen molar-refractivity contribution in [3.8, 4) is 6.07 Å². The maximum Gasteiger partial charge on any atom is 0.246 e. The van der Waals surface area contributed by atoms with E-state index in [2.05, 4.69) is 6.07 Å². The van der Waals surface area contributed by atoms with Crippen molar-refractivity contribution < 1.29 is 9.59 Å². The molecule has 5 heteroatoms. The van der Waals surface area contributed by atoms with Gasteiger partial charge in [0.15, 0.2) is 0 Å². The van der Waals surface area contributed by atoms with E-state index in [-0.39, 0.29) is 17.7 Å². The zero-order valence-corrected chi connectivity index (χ0v) is 15.1. The molecule has 2 amide bonds. The first-order valence-electron chi connectivity index (χ1n) is 9.44. The summed E-state index contributed by atoms with van der Waals surface area (Å²) in [5.41, 5.74) is 1.31. The molecule has 0 unspecified atom stereocenters. The van der Waals surface area contributed by atoms with Crippen LogP contribution in [0.2, 0.25) is 0 Å². The van der Waals surface area contributed by atoms with E-state index in [1.807, 2.05) is 23.1 Å². The highest BCUT2D eigenvalue weighted by Crippen LogP contribution is 2.22. The Bertz CT molecular complexity index is 721. The minimum atomic E-state index is -0.0541. The van der Waals surface area contributed by atoms with Crippen LogP contribution in [0.3, 0.4) is 0 Å². The van der Waals surface area contributed by atoms with Crippen molar-refractivity contribution >= 4 is 17.9 Å². The third-order valence-corrected chi connectivity index (χ3v) is 5.31. The van der Waals surface area contributed by atoms with Crippen molar-refractivity contribution in [3.05, 3.63) is 41.5 Å². The molecule has 2 saturated heterocycles. The van der Waals surface area contributed by atoms with Gasteiger partial charge in [0.2, 0.25) is 11.8 Å². The number of nitriles is 1. The molecule has 2 heterocycles. The van der Waals surface area contributed by atoms with Crippen LogP contribution < -0.4 is 0 Å². The van der Waals surface area contributed by atoms with E-state index in [9.17, 15) is 9.59 Å². The van der Waals surface area contributed by atoms with Crippen LogP contribution >= 0.6 is 0 Å². The number of hydrogen-bond donors (Lipinski definition) is 0. The van der Waals surface area contributed by atoms with Gasteiger partial charge >= 0.3 is 0 Å². The van der Waals surface area contributed by atoms with Crippen LogP contribution in [-0.2, 0) is 9.59 Å². The monoisotopic (exact) mass is 351 g/mol. The summed E-state index contributed by atoms with van der Waals surface area (Å²) in [6, 6.07) is 9.35. The molecule has 2 aliphatic heterocycles. The Balaban J connectivity index is 1.53. The van der Waals surface area contributed by atoms with E-state index < -0.39 is 0 Å². The van der Waals surface area contributed by atoms with Gasteiger partial charge in [-0.2, -0.15) is 5.26 Å². The number of likely N-dealkylation sites (tertiary alicyclic amines) is 2. The van der Waals surface area contributed by atoms with Crippen molar-refractivity contribution in [2.45, 2.75) is 32.1 Å². The van der Waals surface area contributed by atoms with E-state index in [0.717, 1.165) is 44.3 Å². The van der Waals surface area contributed by atoms with Crippen molar-refractivity contribution in [1.29, 1.82) is 5.26 Å². The maximum absolute atomic E-state index is 12.6. The molecule has 2 fully saturated rings. The fourth-order valence-electron chi connectivity index (χ4n) is 3.73. The fraction of sp³-hybridized carbons (Fsp3) is 0.476. The number of piperidine rings is 2. The molecule has 26 heavy (non-hydrogen) atoms. The lowest BCUT2D eigenvalue weighted by molar-refractivity contribution is -0.140. The summed E-state index contributed by atoms with van der Waals surface area (Å²) < 4.78 is 0. The minimum Gasteiger partial charge on any atom is -0.342 e. The Hall–Kier alpha value is -2.61. The van der Waals surface area contributed by atoms with Crippen LogP contribution in [0.1, 0.15) is 43.2 Å². The van der Waals surface area contributed by atoms with E-state index in [1.54, 1.807) is 17.0 Å². The van der Waals surface area contributed by atoms with Crippen LogP contribution in [0.15, 0.2) is 30.3 Å². The lowest BCUT2D eigenvalue weighted by Gasteiger charge is -2.35. The van der Waals surface area contributed by atoms with Gasteiger partial charge in [-0.25, -0.2) is 0 Å². The highest BCUT2D eigenvalue weighted by Gasteiger charge is 2.30. The molecular weight excluding hydrogens is 326 g/mol. The Labute approximate surface area is 154 Å². The van der Waals surface area contributed by atoms with Gasteiger partial charge in [-0.1, -0.05) is 18.2 Å². The molecule has 3 rings (SSSR count). The molecule has 136 valence electrons. The molecule has 0 bridgehead atoms.